The van der Waals surface area contributed by atoms with Crippen LogP contribution >= 0.6 is 0 Å². The van der Waals surface area contributed by atoms with E-state index in [9.17, 15) is 14.7 Å². The number of likely N-dealkylation sites (tertiary alicyclic amines) is 1. The molecule has 0 aliphatic carbocycles. The molecule has 2 rings (SSSR count). The highest BCUT2D eigenvalue weighted by Gasteiger charge is 2.25. The number of amides is 1. The van der Waals surface area contributed by atoms with Crippen molar-refractivity contribution < 1.29 is 19.8 Å². The normalized spacial score (nSPS) is 18.7. The summed E-state index contributed by atoms with van der Waals surface area (Å²) in [6, 6.07) is 5.25. The van der Waals surface area contributed by atoms with Gasteiger partial charge in [0, 0.05) is 24.7 Å². The Balaban J connectivity index is 2.23. The second-order valence-corrected chi connectivity index (χ2v) is 5.00. The summed E-state index contributed by atoms with van der Waals surface area (Å²) >= 11 is 0. The molecule has 0 saturated carbocycles. The van der Waals surface area contributed by atoms with Crippen molar-refractivity contribution in [2.75, 3.05) is 13.1 Å². The maximum absolute atomic E-state index is 12.3. The summed E-state index contributed by atoms with van der Waals surface area (Å²) < 4.78 is 0. The first-order valence-corrected chi connectivity index (χ1v) is 6.46. The Hall–Kier alpha value is -2.14. The van der Waals surface area contributed by atoms with Crippen LogP contribution < -0.4 is 0 Å². The van der Waals surface area contributed by atoms with Crippen LogP contribution in [0, 0.1) is 6.92 Å². The van der Waals surface area contributed by atoms with E-state index in [1.807, 2.05) is 13.0 Å². The molecule has 5 nitrogen and oxygen atoms in total. The van der Waals surface area contributed by atoms with Gasteiger partial charge in [-0.25, -0.2) is 4.79 Å². The van der Waals surface area contributed by atoms with Crippen molar-refractivity contribution >= 4 is 18.0 Å². The van der Waals surface area contributed by atoms with Crippen LogP contribution in [0.25, 0.3) is 6.08 Å². The van der Waals surface area contributed by atoms with Crippen molar-refractivity contribution in [2.24, 2.45) is 0 Å². The van der Waals surface area contributed by atoms with Gasteiger partial charge in [0.2, 0.25) is 0 Å². The van der Waals surface area contributed by atoms with Gasteiger partial charge >= 0.3 is 5.97 Å². The zero-order valence-corrected chi connectivity index (χ0v) is 11.2. The van der Waals surface area contributed by atoms with E-state index in [0.29, 0.717) is 30.6 Å². The standard InChI is InChI=1S/C15H17NO4/c1-10-6-11(2-3-14(18)19)8-12(7-10)15(20)16-5-4-13(17)9-16/h2-3,6-8,13,17H,4-5,9H2,1H3,(H,18,19)/b3-2+. The summed E-state index contributed by atoms with van der Waals surface area (Å²) in [6.45, 7) is 2.76. The van der Waals surface area contributed by atoms with E-state index in [1.54, 1.807) is 17.0 Å². The molecule has 20 heavy (non-hydrogen) atoms. The van der Waals surface area contributed by atoms with Crippen molar-refractivity contribution in [3.8, 4) is 0 Å². The Bertz CT molecular complexity index is 565. The van der Waals surface area contributed by atoms with E-state index in [-0.39, 0.29) is 5.91 Å². The molecule has 1 aliphatic heterocycles. The van der Waals surface area contributed by atoms with Crippen molar-refractivity contribution in [3.05, 3.63) is 41.0 Å². The van der Waals surface area contributed by atoms with Crippen molar-refractivity contribution in [2.45, 2.75) is 19.4 Å². The Morgan fingerprint density at radius 1 is 1.35 bits per heavy atom. The van der Waals surface area contributed by atoms with Gasteiger partial charge < -0.3 is 15.1 Å². The van der Waals surface area contributed by atoms with Crippen LogP contribution in [0.2, 0.25) is 0 Å². The molecule has 1 heterocycles. The predicted molar refractivity (Wildman–Crippen MR) is 74.4 cm³/mol. The number of carboxylic acids is 1. The van der Waals surface area contributed by atoms with Gasteiger partial charge in [0.1, 0.15) is 0 Å². The van der Waals surface area contributed by atoms with E-state index in [1.165, 1.54) is 6.08 Å². The van der Waals surface area contributed by atoms with Gasteiger partial charge in [0.05, 0.1) is 6.10 Å². The fourth-order valence-corrected chi connectivity index (χ4v) is 2.31. The summed E-state index contributed by atoms with van der Waals surface area (Å²) in [4.78, 5) is 24.5. The van der Waals surface area contributed by atoms with E-state index in [4.69, 9.17) is 5.11 Å². The molecule has 2 N–H and O–H groups in total. The first-order valence-electron chi connectivity index (χ1n) is 6.46. The Kier molecular flexibility index (Phi) is 4.20. The number of carbonyl (C=O) groups excluding carboxylic acids is 1. The maximum atomic E-state index is 12.3. The van der Waals surface area contributed by atoms with E-state index >= 15 is 0 Å². The Morgan fingerprint density at radius 3 is 2.70 bits per heavy atom. The number of hydrogen-bond acceptors (Lipinski definition) is 3. The lowest BCUT2D eigenvalue weighted by Gasteiger charge is -2.16. The molecule has 0 aromatic heterocycles. The first-order chi connectivity index (χ1) is 9.45. The number of aliphatic hydroxyl groups is 1. The number of aryl methyl sites for hydroxylation is 1. The van der Waals surface area contributed by atoms with Crippen molar-refractivity contribution in [1.29, 1.82) is 0 Å². The molecule has 0 radical (unpaired) electrons. The minimum Gasteiger partial charge on any atom is -0.478 e. The number of carboxylic acid groups (broad SMARTS) is 1. The van der Waals surface area contributed by atoms with Gasteiger partial charge in [-0.15, -0.1) is 0 Å². The Morgan fingerprint density at radius 2 is 2.10 bits per heavy atom. The van der Waals surface area contributed by atoms with Gasteiger partial charge in [0.25, 0.3) is 5.91 Å². The van der Waals surface area contributed by atoms with E-state index in [0.717, 1.165) is 11.6 Å². The van der Waals surface area contributed by atoms with Gasteiger partial charge in [0.15, 0.2) is 0 Å². The SMILES string of the molecule is Cc1cc(/C=C/C(=O)O)cc(C(=O)N2CCC(O)C2)c1. The molecule has 1 atom stereocenters. The molecule has 1 aromatic carbocycles. The molecule has 5 heteroatoms. The highest BCUT2D eigenvalue weighted by Crippen LogP contribution is 2.17. The molecule has 1 fully saturated rings. The Labute approximate surface area is 117 Å². The first kappa shape index (κ1) is 14.3. The third kappa shape index (κ3) is 3.45. The fraction of sp³-hybridized carbons (Fsp3) is 0.333. The highest BCUT2D eigenvalue weighted by molar-refractivity contribution is 5.95. The average molecular weight is 275 g/mol. The number of benzene rings is 1. The number of aliphatic hydroxyl groups excluding tert-OH is 1. The number of rotatable bonds is 3. The summed E-state index contributed by atoms with van der Waals surface area (Å²) in [5.41, 5.74) is 2.08. The van der Waals surface area contributed by atoms with Gasteiger partial charge in [-0.05, 0) is 42.7 Å². The molecule has 0 spiro atoms. The van der Waals surface area contributed by atoms with Crippen LogP contribution in [-0.2, 0) is 4.79 Å². The average Bonchev–Trinajstić information content (AvgIpc) is 2.81. The molecule has 1 aromatic rings. The predicted octanol–water partition coefficient (Wildman–Crippen LogP) is 1.30. The van der Waals surface area contributed by atoms with Gasteiger partial charge in [-0.2, -0.15) is 0 Å². The number of nitrogens with zero attached hydrogens (tertiary/aromatic N) is 1. The minimum atomic E-state index is -1.03. The summed E-state index contributed by atoms with van der Waals surface area (Å²) in [5.74, 6) is -1.16. The zero-order chi connectivity index (χ0) is 14.7. The van der Waals surface area contributed by atoms with E-state index < -0.39 is 12.1 Å². The number of carbonyl (C=O) groups is 2. The monoisotopic (exact) mass is 275 g/mol. The second-order valence-electron chi connectivity index (χ2n) is 5.00. The summed E-state index contributed by atoms with van der Waals surface area (Å²) in [6.07, 6.45) is 2.66. The van der Waals surface area contributed by atoms with Crippen LogP contribution in [-0.4, -0.2) is 46.2 Å². The summed E-state index contributed by atoms with van der Waals surface area (Å²) in [7, 11) is 0. The van der Waals surface area contributed by atoms with Crippen LogP contribution in [0.1, 0.15) is 27.9 Å². The van der Waals surface area contributed by atoms with Crippen LogP contribution in [0.5, 0.6) is 0 Å². The smallest absolute Gasteiger partial charge is 0.328 e. The zero-order valence-electron chi connectivity index (χ0n) is 11.2. The van der Waals surface area contributed by atoms with Crippen LogP contribution in [0.3, 0.4) is 0 Å². The summed E-state index contributed by atoms with van der Waals surface area (Å²) in [5, 5.41) is 18.1. The third-order valence-electron chi connectivity index (χ3n) is 3.22. The topological polar surface area (TPSA) is 77.8 Å². The second kappa shape index (κ2) is 5.88. The van der Waals surface area contributed by atoms with Crippen molar-refractivity contribution in [1.82, 2.24) is 4.90 Å². The molecule has 1 saturated heterocycles. The molecule has 1 amide bonds. The lowest BCUT2D eigenvalue weighted by molar-refractivity contribution is -0.131. The molecule has 106 valence electrons. The number of β-amino-alcohol motifs (C(OH)–C–C–N with tert-alkyl or cyclic N) is 1. The van der Waals surface area contributed by atoms with Crippen LogP contribution in [0.4, 0.5) is 0 Å². The lowest BCUT2D eigenvalue weighted by Crippen LogP contribution is -2.29. The molecule has 1 aliphatic rings. The van der Waals surface area contributed by atoms with Crippen LogP contribution in [0.15, 0.2) is 24.3 Å². The van der Waals surface area contributed by atoms with Gasteiger partial charge in [-0.1, -0.05) is 6.07 Å². The molecular weight excluding hydrogens is 258 g/mol. The molecular formula is C15H17NO4. The van der Waals surface area contributed by atoms with Crippen molar-refractivity contribution in [3.63, 3.8) is 0 Å². The largest absolute Gasteiger partial charge is 0.478 e. The molecule has 1 unspecified atom stereocenters. The quantitative estimate of drug-likeness (QED) is 0.815. The minimum absolute atomic E-state index is 0.129. The highest BCUT2D eigenvalue weighted by atomic mass is 16.4. The van der Waals surface area contributed by atoms with Gasteiger partial charge in [-0.3, -0.25) is 4.79 Å². The fourth-order valence-electron chi connectivity index (χ4n) is 2.31. The molecule has 0 bridgehead atoms. The number of hydrogen-bond donors (Lipinski definition) is 2. The third-order valence-corrected chi connectivity index (χ3v) is 3.22. The lowest BCUT2D eigenvalue weighted by atomic mass is 10.1. The maximum Gasteiger partial charge on any atom is 0.328 e. The number of aliphatic carboxylic acids is 1. The van der Waals surface area contributed by atoms with E-state index in [2.05, 4.69) is 0 Å².